The molecule has 2 nitrogen and oxygen atoms in total. The Labute approximate surface area is 87.8 Å². The molecule has 1 aromatic carbocycles. The molecule has 0 amide bonds. The topological polar surface area (TPSA) is 26.3 Å². The van der Waals surface area contributed by atoms with Crippen molar-refractivity contribution in [3.63, 3.8) is 0 Å². The summed E-state index contributed by atoms with van der Waals surface area (Å²) in [4.78, 5) is 11.3. The van der Waals surface area contributed by atoms with Crippen LogP contribution in [0.2, 0.25) is 5.02 Å². The number of benzene rings is 1. The first-order valence-corrected chi connectivity index (χ1v) is 4.93. The van der Waals surface area contributed by atoms with Crippen molar-refractivity contribution in [2.45, 2.75) is 12.8 Å². The van der Waals surface area contributed by atoms with Gasteiger partial charge in [0.1, 0.15) is 0 Å². The molecule has 3 heteroatoms. The Balaban J connectivity index is 2.22. The second-order valence-electron chi connectivity index (χ2n) is 3.54. The van der Waals surface area contributed by atoms with Crippen molar-refractivity contribution in [2.75, 3.05) is 7.11 Å². The fourth-order valence-electron chi connectivity index (χ4n) is 1.92. The van der Waals surface area contributed by atoms with E-state index in [4.69, 9.17) is 16.3 Å². The van der Waals surface area contributed by atoms with Crippen molar-refractivity contribution < 1.29 is 9.53 Å². The summed E-state index contributed by atoms with van der Waals surface area (Å²) in [6, 6.07) is 5.78. The lowest BCUT2D eigenvalue weighted by molar-refractivity contribution is -0.145. The second kappa shape index (κ2) is 3.62. The minimum atomic E-state index is -0.127. The van der Waals surface area contributed by atoms with Gasteiger partial charge in [-0.15, -0.1) is 0 Å². The van der Waals surface area contributed by atoms with Crippen molar-refractivity contribution >= 4 is 17.6 Å². The zero-order valence-corrected chi connectivity index (χ0v) is 8.67. The summed E-state index contributed by atoms with van der Waals surface area (Å²) in [5.41, 5.74) is 2.39. The third-order valence-electron chi connectivity index (χ3n) is 2.64. The van der Waals surface area contributed by atoms with Crippen LogP contribution in [-0.4, -0.2) is 13.1 Å². The van der Waals surface area contributed by atoms with E-state index in [1.54, 1.807) is 0 Å². The summed E-state index contributed by atoms with van der Waals surface area (Å²) in [5, 5.41) is 0.731. The molecule has 0 spiro atoms. The van der Waals surface area contributed by atoms with Gasteiger partial charge in [0.15, 0.2) is 0 Å². The minimum Gasteiger partial charge on any atom is -0.469 e. The molecule has 0 saturated carbocycles. The van der Waals surface area contributed by atoms with E-state index in [1.807, 2.05) is 18.2 Å². The van der Waals surface area contributed by atoms with E-state index in [-0.39, 0.29) is 11.9 Å². The van der Waals surface area contributed by atoms with Crippen LogP contribution in [0.3, 0.4) is 0 Å². The molecule has 1 atom stereocenters. The van der Waals surface area contributed by atoms with Crippen molar-refractivity contribution in [3.8, 4) is 0 Å². The average molecular weight is 211 g/mol. The summed E-state index contributed by atoms with van der Waals surface area (Å²) in [5.74, 6) is -0.147. The molecule has 1 unspecified atom stereocenters. The number of rotatable bonds is 1. The first kappa shape index (κ1) is 9.53. The fourth-order valence-corrected chi connectivity index (χ4v) is 2.11. The molecule has 0 radical (unpaired) electrons. The van der Waals surface area contributed by atoms with Crippen molar-refractivity contribution in [1.29, 1.82) is 0 Å². The van der Waals surface area contributed by atoms with Crippen LogP contribution in [0.4, 0.5) is 0 Å². The summed E-state index contributed by atoms with van der Waals surface area (Å²) in [6.07, 6.45) is 1.53. The smallest absolute Gasteiger partial charge is 0.309 e. The number of esters is 1. The van der Waals surface area contributed by atoms with E-state index < -0.39 is 0 Å². The van der Waals surface area contributed by atoms with E-state index in [0.29, 0.717) is 0 Å². The zero-order valence-electron chi connectivity index (χ0n) is 7.92. The molecule has 1 aromatic rings. The second-order valence-corrected chi connectivity index (χ2v) is 3.98. The van der Waals surface area contributed by atoms with E-state index >= 15 is 0 Å². The van der Waals surface area contributed by atoms with Crippen LogP contribution in [-0.2, 0) is 22.4 Å². The highest BCUT2D eigenvalue weighted by atomic mass is 35.5. The molecule has 0 aliphatic heterocycles. The van der Waals surface area contributed by atoms with Crippen LogP contribution in [0.25, 0.3) is 0 Å². The van der Waals surface area contributed by atoms with E-state index in [0.717, 1.165) is 17.9 Å². The molecule has 0 fully saturated rings. The summed E-state index contributed by atoms with van der Waals surface area (Å²) in [7, 11) is 1.43. The molecular formula is C11H11ClO2. The SMILES string of the molecule is COC(=O)C1Cc2ccc(Cl)cc2C1. The first-order chi connectivity index (χ1) is 6.70. The maximum atomic E-state index is 11.3. The maximum absolute atomic E-state index is 11.3. The highest BCUT2D eigenvalue weighted by Gasteiger charge is 2.27. The lowest BCUT2D eigenvalue weighted by Crippen LogP contribution is -2.15. The number of methoxy groups -OCH3 is 1. The average Bonchev–Trinajstić information content (AvgIpc) is 2.59. The highest BCUT2D eigenvalue weighted by Crippen LogP contribution is 2.29. The standard InChI is InChI=1S/C11H11ClO2/c1-14-11(13)9-4-7-2-3-10(12)6-8(7)5-9/h2-3,6,9H,4-5H2,1H3. The van der Waals surface area contributed by atoms with Gasteiger partial charge in [-0.3, -0.25) is 4.79 Å². The van der Waals surface area contributed by atoms with Gasteiger partial charge in [-0.05, 0) is 36.1 Å². The van der Waals surface area contributed by atoms with Gasteiger partial charge in [-0.1, -0.05) is 17.7 Å². The Morgan fingerprint density at radius 3 is 2.86 bits per heavy atom. The number of hydrogen-bond donors (Lipinski definition) is 0. The van der Waals surface area contributed by atoms with Crippen molar-refractivity contribution in [1.82, 2.24) is 0 Å². The maximum Gasteiger partial charge on any atom is 0.309 e. The Kier molecular flexibility index (Phi) is 2.46. The summed E-state index contributed by atoms with van der Waals surface area (Å²) in [6.45, 7) is 0. The van der Waals surface area contributed by atoms with Gasteiger partial charge < -0.3 is 4.74 Å². The van der Waals surface area contributed by atoms with E-state index in [1.165, 1.54) is 18.2 Å². The Morgan fingerprint density at radius 1 is 1.43 bits per heavy atom. The Hall–Kier alpha value is -1.02. The van der Waals surface area contributed by atoms with Gasteiger partial charge >= 0.3 is 5.97 Å². The van der Waals surface area contributed by atoms with Gasteiger partial charge in [0.2, 0.25) is 0 Å². The van der Waals surface area contributed by atoms with Gasteiger partial charge in [0.25, 0.3) is 0 Å². The Morgan fingerprint density at radius 2 is 2.14 bits per heavy atom. The number of carbonyl (C=O) groups excluding carboxylic acids is 1. The van der Waals surface area contributed by atoms with E-state index in [2.05, 4.69) is 0 Å². The van der Waals surface area contributed by atoms with Crippen molar-refractivity contribution in [2.24, 2.45) is 5.92 Å². The normalized spacial score (nSPS) is 19.1. The lowest BCUT2D eigenvalue weighted by atomic mass is 10.1. The first-order valence-electron chi connectivity index (χ1n) is 4.56. The van der Waals surface area contributed by atoms with Gasteiger partial charge in [0.05, 0.1) is 13.0 Å². The summed E-state index contributed by atoms with van der Waals surface area (Å²) < 4.78 is 4.72. The predicted molar refractivity (Wildman–Crippen MR) is 54.4 cm³/mol. The number of hydrogen-bond acceptors (Lipinski definition) is 2. The fraction of sp³-hybridized carbons (Fsp3) is 0.364. The quantitative estimate of drug-likeness (QED) is 0.665. The number of halogens is 1. The molecule has 0 N–H and O–H groups in total. The third kappa shape index (κ3) is 1.62. The third-order valence-corrected chi connectivity index (χ3v) is 2.87. The summed E-state index contributed by atoms with van der Waals surface area (Å²) >= 11 is 5.87. The Bertz CT molecular complexity index is 374. The molecule has 0 bridgehead atoms. The molecule has 1 aliphatic carbocycles. The van der Waals surface area contributed by atoms with Gasteiger partial charge in [0, 0.05) is 5.02 Å². The minimum absolute atomic E-state index is 0.0199. The molecule has 1 aliphatic rings. The highest BCUT2D eigenvalue weighted by molar-refractivity contribution is 6.30. The molecular weight excluding hydrogens is 200 g/mol. The number of fused-ring (bicyclic) bond motifs is 1. The number of carbonyl (C=O) groups is 1. The molecule has 14 heavy (non-hydrogen) atoms. The monoisotopic (exact) mass is 210 g/mol. The van der Waals surface area contributed by atoms with Crippen molar-refractivity contribution in [3.05, 3.63) is 34.3 Å². The largest absolute Gasteiger partial charge is 0.469 e. The zero-order chi connectivity index (χ0) is 10.1. The predicted octanol–water partition coefficient (Wildman–Crippen LogP) is 2.23. The molecule has 0 aromatic heterocycles. The van der Waals surface area contributed by atoms with E-state index in [9.17, 15) is 4.79 Å². The van der Waals surface area contributed by atoms with Crippen LogP contribution in [0.15, 0.2) is 18.2 Å². The molecule has 74 valence electrons. The van der Waals surface area contributed by atoms with Crippen LogP contribution < -0.4 is 0 Å². The molecule has 0 heterocycles. The van der Waals surface area contributed by atoms with Crippen LogP contribution in [0, 0.1) is 5.92 Å². The lowest BCUT2D eigenvalue weighted by Gasteiger charge is -2.04. The molecule has 2 rings (SSSR count). The molecule has 0 saturated heterocycles. The van der Waals surface area contributed by atoms with Crippen LogP contribution in [0.5, 0.6) is 0 Å². The van der Waals surface area contributed by atoms with Gasteiger partial charge in [-0.2, -0.15) is 0 Å². The van der Waals surface area contributed by atoms with Crippen LogP contribution >= 0.6 is 11.6 Å². The van der Waals surface area contributed by atoms with Gasteiger partial charge in [-0.25, -0.2) is 0 Å². The number of ether oxygens (including phenoxy) is 1. The van der Waals surface area contributed by atoms with Crippen LogP contribution in [0.1, 0.15) is 11.1 Å².